The van der Waals surface area contributed by atoms with Gasteiger partial charge in [0.2, 0.25) is 5.91 Å². The lowest BCUT2D eigenvalue weighted by molar-refractivity contribution is -0.122. The van der Waals surface area contributed by atoms with Crippen LogP contribution in [0.1, 0.15) is 43.7 Å². The number of carbonyl (C=O) groups is 2. The topological polar surface area (TPSA) is 87.5 Å². The molecule has 1 aromatic rings. The predicted octanol–water partition coefficient (Wildman–Crippen LogP) is 1.74. The highest BCUT2D eigenvalue weighted by Gasteiger charge is 2.13. The molecule has 2 rings (SSSR count). The normalized spacial score (nSPS) is 16.9. The van der Waals surface area contributed by atoms with Crippen LogP contribution in [0.2, 0.25) is 0 Å². The van der Waals surface area contributed by atoms with Crippen molar-refractivity contribution in [2.75, 3.05) is 13.1 Å². The first kappa shape index (κ1) is 18.3. The van der Waals surface area contributed by atoms with E-state index >= 15 is 0 Å². The summed E-state index contributed by atoms with van der Waals surface area (Å²) in [5.74, 6) is -0.248. The lowest BCUT2D eigenvalue weighted by Gasteiger charge is -2.20. The summed E-state index contributed by atoms with van der Waals surface area (Å²) in [6.45, 7) is 5.40. The monoisotopic (exact) mass is 332 g/mol. The fourth-order valence-corrected chi connectivity index (χ4v) is 2.94. The maximum atomic E-state index is 11.8. The summed E-state index contributed by atoms with van der Waals surface area (Å²) in [5.41, 5.74) is 7.35. The number of amides is 3. The Hall–Kier alpha value is -2.08. The fraction of sp³-hybridized carbons (Fsp3) is 0.556. The number of nitrogens with two attached hydrogens (primary N) is 1. The van der Waals surface area contributed by atoms with Gasteiger partial charge in [0.25, 0.3) is 0 Å². The van der Waals surface area contributed by atoms with E-state index in [0.717, 1.165) is 12.1 Å². The highest BCUT2D eigenvalue weighted by molar-refractivity contribution is 5.86. The number of urea groups is 1. The number of benzene rings is 1. The third-order valence-electron chi connectivity index (χ3n) is 4.35. The van der Waals surface area contributed by atoms with Crippen LogP contribution in [0.3, 0.4) is 0 Å². The van der Waals surface area contributed by atoms with Gasteiger partial charge in [-0.25, -0.2) is 4.79 Å². The Morgan fingerprint density at radius 3 is 2.25 bits per heavy atom. The van der Waals surface area contributed by atoms with Crippen molar-refractivity contribution >= 4 is 11.9 Å². The minimum Gasteiger partial charge on any atom is -0.352 e. The minimum absolute atomic E-state index is 0.248. The van der Waals surface area contributed by atoms with E-state index in [1.807, 2.05) is 12.1 Å². The molecule has 1 heterocycles. The molecular formula is C18H28N4O2. The number of hydrogen-bond donors (Lipinski definition) is 3. The van der Waals surface area contributed by atoms with Crippen LogP contribution in [0.15, 0.2) is 24.3 Å². The molecule has 1 unspecified atom stereocenters. The van der Waals surface area contributed by atoms with Gasteiger partial charge in [0.1, 0.15) is 6.04 Å². The Balaban J connectivity index is 1.79. The third kappa shape index (κ3) is 6.20. The summed E-state index contributed by atoms with van der Waals surface area (Å²) in [6.07, 6.45) is 5.28. The van der Waals surface area contributed by atoms with Crippen LogP contribution in [-0.2, 0) is 17.9 Å². The van der Waals surface area contributed by atoms with Crippen molar-refractivity contribution in [3.05, 3.63) is 35.4 Å². The maximum absolute atomic E-state index is 11.8. The van der Waals surface area contributed by atoms with Crippen molar-refractivity contribution in [1.82, 2.24) is 15.5 Å². The molecule has 0 aromatic heterocycles. The molecule has 24 heavy (non-hydrogen) atoms. The van der Waals surface area contributed by atoms with E-state index in [0.29, 0.717) is 6.54 Å². The number of hydrogen-bond acceptors (Lipinski definition) is 3. The number of nitrogens with zero attached hydrogens (tertiary/aromatic N) is 1. The van der Waals surface area contributed by atoms with E-state index in [1.54, 1.807) is 6.92 Å². The second-order valence-corrected chi connectivity index (χ2v) is 6.45. The van der Waals surface area contributed by atoms with Crippen molar-refractivity contribution in [3.63, 3.8) is 0 Å². The number of carbonyl (C=O) groups excluding carboxylic acids is 2. The zero-order chi connectivity index (χ0) is 17.4. The highest BCUT2D eigenvalue weighted by Crippen LogP contribution is 2.13. The van der Waals surface area contributed by atoms with Gasteiger partial charge in [-0.15, -0.1) is 0 Å². The largest absolute Gasteiger partial charge is 0.352 e. The number of rotatable bonds is 6. The van der Waals surface area contributed by atoms with Crippen LogP contribution < -0.4 is 16.4 Å². The molecule has 6 heteroatoms. The summed E-state index contributed by atoms with van der Waals surface area (Å²) in [5, 5.41) is 5.15. The first-order valence-corrected chi connectivity index (χ1v) is 8.68. The maximum Gasteiger partial charge on any atom is 0.312 e. The van der Waals surface area contributed by atoms with Gasteiger partial charge in [0.15, 0.2) is 0 Å². The molecule has 0 radical (unpaired) electrons. The van der Waals surface area contributed by atoms with E-state index in [2.05, 4.69) is 27.7 Å². The van der Waals surface area contributed by atoms with Crippen molar-refractivity contribution in [2.45, 2.75) is 51.7 Å². The van der Waals surface area contributed by atoms with Gasteiger partial charge in [0, 0.05) is 13.1 Å². The Morgan fingerprint density at radius 2 is 1.67 bits per heavy atom. The van der Waals surface area contributed by atoms with Gasteiger partial charge in [-0.3, -0.25) is 9.69 Å². The van der Waals surface area contributed by atoms with E-state index in [1.165, 1.54) is 44.3 Å². The predicted molar refractivity (Wildman–Crippen MR) is 94.2 cm³/mol. The van der Waals surface area contributed by atoms with Crippen molar-refractivity contribution < 1.29 is 9.59 Å². The summed E-state index contributed by atoms with van der Waals surface area (Å²) in [7, 11) is 0. The van der Waals surface area contributed by atoms with Crippen LogP contribution in [0, 0.1) is 0 Å². The molecule has 4 N–H and O–H groups in total. The number of primary amides is 1. The van der Waals surface area contributed by atoms with Crippen LogP contribution in [0.4, 0.5) is 4.79 Å². The van der Waals surface area contributed by atoms with Crippen LogP contribution in [0.25, 0.3) is 0 Å². The molecule has 0 saturated carbocycles. The van der Waals surface area contributed by atoms with Gasteiger partial charge in [-0.1, -0.05) is 37.1 Å². The lowest BCUT2D eigenvalue weighted by Crippen LogP contribution is -2.46. The van der Waals surface area contributed by atoms with Crippen LogP contribution in [-0.4, -0.2) is 36.0 Å². The molecule has 1 atom stereocenters. The fourth-order valence-electron chi connectivity index (χ4n) is 2.94. The Kier molecular flexibility index (Phi) is 7.06. The van der Waals surface area contributed by atoms with Crippen molar-refractivity contribution in [2.24, 2.45) is 5.73 Å². The molecule has 0 spiro atoms. The number of nitrogens with one attached hydrogen (secondary N) is 2. The number of likely N-dealkylation sites (tertiary alicyclic amines) is 1. The van der Waals surface area contributed by atoms with Crippen molar-refractivity contribution in [3.8, 4) is 0 Å². The molecule has 0 aliphatic carbocycles. The molecule has 3 amide bonds. The molecule has 1 aliphatic rings. The second kappa shape index (κ2) is 9.27. The van der Waals surface area contributed by atoms with Gasteiger partial charge in [-0.2, -0.15) is 0 Å². The Morgan fingerprint density at radius 1 is 1.08 bits per heavy atom. The summed E-state index contributed by atoms with van der Waals surface area (Å²) in [6, 6.07) is 6.99. The van der Waals surface area contributed by atoms with Crippen LogP contribution >= 0.6 is 0 Å². The van der Waals surface area contributed by atoms with Gasteiger partial charge in [0.05, 0.1) is 0 Å². The molecule has 1 aromatic carbocycles. The van der Waals surface area contributed by atoms with Gasteiger partial charge < -0.3 is 16.4 Å². The molecule has 1 aliphatic heterocycles. The first-order chi connectivity index (χ1) is 11.5. The van der Waals surface area contributed by atoms with Gasteiger partial charge >= 0.3 is 6.03 Å². The standard InChI is InChI=1S/C18H28N4O2/c1-14(21-18(19)24)17(23)20-12-15-6-8-16(9-7-15)13-22-10-4-2-3-5-11-22/h6-9,14H,2-5,10-13H2,1H3,(H,20,23)(H3,19,21,24). The van der Waals surface area contributed by atoms with Crippen molar-refractivity contribution in [1.29, 1.82) is 0 Å². The molecule has 132 valence electrons. The Labute approximate surface area is 143 Å². The highest BCUT2D eigenvalue weighted by atomic mass is 16.2. The van der Waals surface area contributed by atoms with E-state index < -0.39 is 12.1 Å². The zero-order valence-electron chi connectivity index (χ0n) is 14.4. The smallest absolute Gasteiger partial charge is 0.312 e. The van der Waals surface area contributed by atoms with Crippen LogP contribution in [0.5, 0.6) is 0 Å². The third-order valence-corrected chi connectivity index (χ3v) is 4.35. The average Bonchev–Trinajstić information content (AvgIpc) is 2.82. The minimum atomic E-state index is -0.699. The lowest BCUT2D eigenvalue weighted by atomic mass is 10.1. The summed E-state index contributed by atoms with van der Waals surface area (Å²) in [4.78, 5) is 25.1. The van der Waals surface area contributed by atoms with E-state index in [9.17, 15) is 9.59 Å². The van der Waals surface area contributed by atoms with E-state index in [-0.39, 0.29) is 5.91 Å². The molecular weight excluding hydrogens is 304 g/mol. The van der Waals surface area contributed by atoms with Gasteiger partial charge in [-0.05, 0) is 44.0 Å². The summed E-state index contributed by atoms with van der Waals surface area (Å²) < 4.78 is 0. The molecule has 1 saturated heterocycles. The molecule has 6 nitrogen and oxygen atoms in total. The zero-order valence-corrected chi connectivity index (χ0v) is 14.4. The van der Waals surface area contributed by atoms with E-state index in [4.69, 9.17) is 5.73 Å². The second-order valence-electron chi connectivity index (χ2n) is 6.45. The SMILES string of the molecule is CC(NC(N)=O)C(=O)NCc1ccc(CN2CCCCCC2)cc1. The first-order valence-electron chi connectivity index (χ1n) is 8.68. The summed E-state index contributed by atoms with van der Waals surface area (Å²) >= 11 is 0. The molecule has 0 bridgehead atoms. The Bertz CT molecular complexity index is 536. The molecule has 1 fully saturated rings. The average molecular weight is 332 g/mol. The quantitative estimate of drug-likeness (QED) is 0.741.